The molecule has 20 heavy (non-hydrogen) atoms. The van der Waals surface area contributed by atoms with Crippen molar-refractivity contribution in [2.24, 2.45) is 0 Å². The molecule has 2 aromatic heterocycles. The fourth-order valence-corrected chi connectivity index (χ4v) is 2.25. The van der Waals surface area contributed by atoms with Gasteiger partial charge in [0.15, 0.2) is 0 Å². The van der Waals surface area contributed by atoms with Gasteiger partial charge in [-0.2, -0.15) is 5.10 Å². The van der Waals surface area contributed by atoms with E-state index in [9.17, 15) is 4.79 Å². The third kappa shape index (κ3) is 3.45. The molecule has 0 aromatic carbocycles. The van der Waals surface area contributed by atoms with Crippen LogP contribution in [-0.2, 0) is 6.42 Å². The van der Waals surface area contributed by atoms with Gasteiger partial charge in [-0.3, -0.25) is 9.78 Å². The van der Waals surface area contributed by atoms with Crippen LogP contribution < -0.4 is 10.9 Å². The molecule has 0 spiro atoms. The van der Waals surface area contributed by atoms with Gasteiger partial charge in [-0.05, 0) is 53.9 Å². The molecule has 0 fully saturated rings. The van der Waals surface area contributed by atoms with E-state index in [2.05, 4.69) is 31.3 Å². The molecule has 2 rings (SSSR count). The molecule has 6 heteroatoms. The molecule has 0 atom stereocenters. The van der Waals surface area contributed by atoms with Crippen LogP contribution in [0.3, 0.4) is 0 Å². The predicted octanol–water partition coefficient (Wildman–Crippen LogP) is 2.64. The summed E-state index contributed by atoms with van der Waals surface area (Å²) in [6.07, 6.45) is 6.09. The SMILES string of the molecule is CC(C)n1ncc(NCCc2ccncc2)c(Br)c1=O. The highest BCUT2D eigenvalue weighted by Crippen LogP contribution is 2.17. The van der Waals surface area contributed by atoms with Gasteiger partial charge >= 0.3 is 0 Å². The Morgan fingerprint density at radius 1 is 1.35 bits per heavy atom. The number of rotatable bonds is 5. The zero-order valence-electron chi connectivity index (χ0n) is 11.5. The van der Waals surface area contributed by atoms with Gasteiger partial charge < -0.3 is 5.32 Å². The number of hydrogen-bond donors (Lipinski definition) is 1. The smallest absolute Gasteiger partial charge is 0.283 e. The molecular weight excluding hydrogens is 320 g/mol. The summed E-state index contributed by atoms with van der Waals surface area (Å²) in [6.45, 7) is 4.59. The first-order chi connectivity index (χ1) is 9.59. The monoisotopic (exact) mass is 336 g/mol. The lowest BCUT2D eigenvalue weighted by atomic mass is 10.2. The van der Waals surface area contributed by atoms with Crippen LogP contribution in [0.5, 0.6) is 0 Å². The molecule has 1 N–H and O–H groups in total. The molecule has 2 heterocycles. The Balaban J connectivity index is 2.04. The maximum Gasteiger partial charge on any atom is 0.283 e. The van der Waals surface area contributed by atoms with Crippen LogP contribution in [0.1, 0.15) is 25.5 Å². The van der Waals surface area contributed by atoms with Crippen molar-refractivity contribution in [1.82, 2.24) is 14.8 Å². The van der Waals surface area contributed by atoms with Crippen LogP contribution in [0.4, 0.5) is 5.69 Å². The molecule has 0 unspecified atom stereocenters. The van der Waals surface area contributed by atoms with Gasteiger partial charge in [0.25, 0.3) is 5.56 Å². The molecule has 0 saturated carbocycles. The Kier molecular flexibility index (Phi) is 4.89. The Hall–Kier alpha value is -1.69. The molecular formula is C14H17BrN4O. The van der Waals surface area contributed by atoms with Gasteiger partial charge in [0.05, 0.1) is 17.9 Å². The number of halogens is 1. The lowest BCUT2D eigenvalue weighted by molar-refractivity contribution is 0.501. The van der Waals surface area contributed by atoms with E-state index in [1.807, 2.05) is 26.0 Å². The van der Waals surface area contributed by atoms with Crippen LogP contribution in [0, 0.1) is 0 Å². The zero-order valence-corrected chi connectivity index (χ0v) is 13.1. The van der Waals surface area contributed by atoms with E-state index in [-0.39, 0.29) is 11.6 Å². The largest absolute Gasteiger partial charge is 0.382 e. The van der Waals surface area contributed by atoms with Crippen LogP contribution in [-0.4, -0.2) is 21.3 Å². The first-order valence-electron chi connectivity index (χ1n) is 6.49. The second-order valence-corrected chi connectivity index (χ2v) is 5.54. The number of nitrogens with one attached hydrogen (secondary N) is 1. The van der Waals surface area contributed by atoms with Gasteiger partial charge in [-0.25, -0.2) is 4.68 Å². The van der Waals surface area contributed by atoms with E-state index >= 15 is 0 Å². The van der Waals surface area contributed by atoms with E-state index in [1.54, 1.807) is 18.6 Å². The highest BCUT2D eigenvalue weighted by atomic mass is 79.9. The molecule has 0 radical (unpaired) electrons. The summed E-state index contributed by atoms with van der Waals surface area (Å²) in [5, 5.41) is 7.39. The van der Waals surface area contributed by atoms with Gasteiger partial charge in [0.2, 0.25) is 0 Å². The van der Waals surface area contributed by atoms with Crippen molar-refractivity contribution in [3.63, 3.8) is 0 Å². The molecule has 0 amide bonds. The summed E-state index contributed by atoms with van der Waals surface area (Å²) in [6, 6.07) is 4.00. The molecule has 0 bridgehead atoms. The zero-order chi connectivity index (χ0) is 14.5. The molecule has 0 aliphatic rings. The summed E-state index contributed by atoms with van der Waals surface area (Å²) < 4.78 is 1.98. The minimum Gasteiger partial charge on any atom is -0.382 e. The summed E-state index contributed by atoms with van der Waals surface area (Å²) in [4.78, 5) is 16.1. The van der Waals surface area contributed by atoms with Crippen LogP contribution in [0.15, 0.2) is 40.0 Å². The Labute approximate surface area is 126 Å². The predicted molar refractivity (Wildman–Crippen MR) is 83.0 cm³/mol. The van der Waals surface area contributed by atoms with E-state index in [1.165, 1.54) is 10.2 Å². The second-order valence-electron chi connectivity index (χ2n) is 4.75. The van der Waals surface area contributed by atoms with Crippen molar-refractivity contribution in [2.75, 3.05) is 11.9 Å². The van der Waals surface area contributed by atoms with Gasteiger partial charge in [0.1, 0.15) is 4.47 Å². The Morgan fingerprint density at radius 2 is 2.05 bits per heavy atom. The van der Waals surface area contributed by atoms with E-state index in [0.717, 1.165) is 18.7 Å². The van der Waals surface area contributed by atoms with Crippen LogP contribution in [0.2, 0.25) is 0 Å². The number of nitrogens with zero attached hydrogens (tertiary/aromatic N) is 3. The molecule has 0 aliphatic carbocycles. The highest BCUT2D eigenvalue weighted by molar-refractivity contribution is 9.10. The van der Waals surface area contributed by atoms with E-state index < -0.39 is 0 Å². The van der Waals surface area contributed by atoms with Gasteiger partial charge in [-0.15, -0.1) is 0 Å². The van der Waals surface area contributed by atoms with Crippen LogP contribution in [0.25, 0.3) is 0 Å². The summed E-state index contributed by atoms with van der Waals surface area (Å²) >= 11 is 3.34. The molecule has 0 saturated heterocycles. The molecule has 5 nitrogen and oxygen atoms in total. The first kappa shape index (κ1) is 14.7. The Bertz CT molecular complexity index is 625. The molecule has 106 valence electrons. The number of hydrogen-bond acceptors (Lipinski definition) is 4. The fraction of sp³-hybridized carbons (Fsp3) is 0.357. The van der Waals surface area contributed by atoms with Gasteiger partial charge in [0, 0.05) is 18.9 Å². The van der Waals surface area contributed by atoms with Crippen molar-refractivity contribution < 1.29 is 0 Å². The van der Waals surface area contributed by atoms with E-state index in [0.29, 0.717) is 4.47 Å². The first-order valence-corrected chi connectivity index (χ1v) is 7.29. The third-order valence-corrected chi connectivity index (χ3v) is 3.68. The summed E-state index contributed by atoms with van der Waals surface area (Å²) in [5.74, 6) is 0. The quantitative estimate of drug-likeness (QED) is 0.911. The maximum atomic E-state index is 12.1. The molecule has 0 aliphatic heterocycles. The summed E-state index contributed by atoms with van der Waals surface area (Å²) in [5.41, 5.74) is 1.81. The minimum atomic E-state index is -0.117. The number of aromatic nitrogens is 3. The second kappa shape index (κ2) is 6.65. The van der Waals surface area contributed by atoms with Gasteiger partial charge in [-0.1, -0.05) is 0 Å². The number of pyridine rings is 1. The van der Waals surface area contributed by atoms with E-state index in [4.69, 9.17) is 0 Å². The van der Waals surface area contributed by atoms with Crippen molar-refractivity contribution in [1.29, 1.82) is 0 Å². The van der Waals surface area contributed by atoms with Crippen molar-refractivity contribution in [3.8, 4) is 0 Å². The normalized spacial score (nSPS) is 10.8. The highest BCUT2D eigenvalue weighted by Gasteiger charge is 2.10. The van der Waals surface area contributed by atoms with Crippen molar-refractivity contribution in [2.45, 2.75) is 26.3 Å². The topological polar surface area (TPSA) is 59.8 Å². The number of anilines is 1. The van der Waals surface area contributed by atoms with Crippen molar-refractivity contribution in [3.05, 3.63) is 51.1 Å². The van der Waals surface area contributed by atoms with Crippen LogP contribution >= 0.6 is 15.9 Å². The lowest BCUT2D eigenvalue weighted by Crippen LogP contribution is -2.26. The minimum absolute atomic E-state index is 0.0460. The standard InChI is InChI=1S/C14H17BrN4O/c1-10(2)19-14(20)13(15)12(9-18-19)17-8-5-11-3-6-16-7-4-11/h3-4,6-7,9-10,17H,5,8H2,1-2H3. The average Bonchev–Trinajstić information content (AvgIpc) is 2.44. The fourth-order valence-electron chi connectivity index (χ4n) is 1.83. The average molecular weight is 337 g/mol. The molecule has 2 aromatic rings. The Morgan fingerprint density at radius 3 is 2.70 bits per heavy atom. The lowest BCUT2D eigenvalue weighted by Gasteiger charge is -2.12. The van der Waals surface area contributed by atoms with Crippen molar-refractivity contribution >= 4 is 21.6 Å². The maximum absolute atomic E-state index is 12.1. The summed E-state index contributed by atoms with van der Waals surface area (Å²) in [7, 11) is 0. The third-order valence-electron chi connectivity index (χ3n) is 2.91.